The first-order valence-corrected chi connectivity index (χ1v) is 10.3. The molecule has 0 bridgehead atoms. The van der Waals surface area contributed by atoms with Crippen molar-refractivity contribution in [1.29, 1.82) is 0 Å². The summed E-state index contributed by atoms with van der Waals surface area (Å²) in [7, 11) is 0. The minimum atomic E-state index is -0.577. The monoisotopic (exact) mass is 378 g/mol. The van der Waals surface area contributed by atoms with E-state index in [0.29, 0.717) is 0 Å². The van der Waals surface area contributed by atoms with Crippen LogP contribution in [-0.2, 0) is 16.0 Å². The Labute approximate surface area is 170 Å². The summed E-state index contributed by atoms with van der Waals surface area (Å²) < 4.78 is 6.34. The Balaban J connectivity index is 2.02. The lowest BCUT2D eigenvalue weighted by atomic mass is 9.61. The van der Waals surface area contributed by atoms with Crippen molar-refractivity contribution in [3.63, 3.8) is 0 Å². The van der Waals surface area contributed by atoms with Crippen molar-refractivity contribution in [1.82, 2.24) is 0 Å². The summed E-state index contributed by atoms with van der Waals surface area (Å²) in [5.41, 5.74) is 3.96. The molecule has 0 N–H and O–H groups in total. The molecule has 0 fully saturated rings. The van der Waals surface area contributed by atoms with Crippen LogP contribution in [-0.4, -0.2) is 5.97 Å². The van der Waals surface area contributed by atoms with Crippen LogP contribution >= 0.6 is 0 Å². The smallest absolute Gasteiger partial charge is 0.313 e. The number of ether oxygens (including phenoxy) is 1. The van der Waals surface area contributed by atoms with Gasteiger partial charge in [0.15, 0.2) is 6.10 Å². The number of fused-ring (bicyclic) bond motifs is 2. The lowest BCUT2D eigenvalue weighted by Crippen LogP contribution is -2.45. The third-order valence-corrected chi connectivity index (χ3v) is 6.27. The van der Waals surface area contributed by atoms with E-state index in [1.165, 1.54) is 11.1 Å². The summed E-state index contributed by atoms with van der Waals surface area (Å²) in [6, 6.07) is 16.7. The van der Waals surface area contributed by atoms with Gasteiger partial charge in [-0.2, -0.15) is 0 Å². The van der Waals surface area contributed by atoms with Crippen molar-refractivity contribution in [2.45, 2.75) is 67.4 Å². The van der Waals surface area contributed by atoms with Crippen LogP contribution in [0.2, 0.25) is 0 Å². The molecule has 28 heavy (non-hydrogen) atoms. The SMILES string of the molecule is CC(C)(C)CC(C)(C(=O)OC1c2ccccc2Cc2ccccc21)C(C)(C)C. The molecule has 2 aromatic carbocycles. The molecule has 2 heteroatoms. The highest BCUT2D eigenvalue weighted by Gasteiger charge is 2.48. The fourth-order valence-corrected chi connectivity index (χ4v) is 4.34. The fraction of sp³-hybridized carbons (Fsp3) is 0.500. The molecule has 0 heterocycles. The van der Waals surface area contributed by atoms with E-state index in [2.05, 4.69) is 84.9 Å². The number of hydrogen-bond acceptors (Lipinski definition) is 2. The maximum atomic E-state index is 13.7. The Morgan fingerprint density at radius 2 is 1.32 bits per heavy atom. The number of benzene rings is 2. The molecule has 1 unspecified atom stereocenters. The molecule has 0 radical (unpaired) electrons. The first-order chi connectivity index (χ1) is 12.9. The highest BCUT2D eigenvalue weighted by Crippen LogP contribution is 2.49. The molecule has 2 nitrogen and oxygen atoms in total. The molecule has 3 rings (SSSR count). The zero-order valence-corrected chi connectivity index (χ0v) is 18.4. The van der Waals surface area contributed by atoms with E-state index in [0.717, 1.165) is 24.0 Å². The van der Waals surface area contributed by atoms with Gasteiger partial charge < -0.3 is 4.74 Å². The van der Waals surface area contributed by atoms with E-state index in [9.17, 15) is 4.79 Å². The molecule has 1 atom stereocenters. The number of carbonyl (C=O) groups is 1. The second kappa shape index (κ2) is 7.06. The summed E-state index contributed by atoms with van der Waals surface area (Å²) in [6.45, 7) is 15.1. The van der Waals surface area contributed by atoms with Gasteiger partial charge in [-0.25, -0.2) is 0 Å². The predicted octanol–water partition coefficient (Wildman–Crippen LogP) is 6.71. The Morgan fingerprint density at radius 3 is 1.75 bits per heavy atom. The van der Waals surface area contributed by atoms with Crippen LogP contribution in [0.15, 0.2) is 48.5 Å². The highest BCUT2D eigenvalue weighted by atomic mass is 16.5. The Hall–Kier alpha value is -2.09. The van der Waals surface area contributed by atoms with Crippen molar-refractivity contribution in [3.8, 4) is 0 Å². The van der Waals surface area contributed by atoms with Gasteiger partial charge in [0.05, 0.1) is 5.41 Å². The number of esters is 1. The van der Waals surface area contributed by atoms with Crippen LogP contribution in [0.25, 0.3) is 0 Å². The normalized spacial score (nSPS) is 16.7. The Morgan fingerprint density at radius 1 is 0.857 bits per heavy atom. The molecular weight excluding hydrogens is 344 g/mol. The van der Waals surface area contributed by atoms with Crippen LogP contribution in [0.1, 0.15) is 83.2 Å². The molecule has 0 spiro atoms. The summed E-state index contributed by atoms with van der Waals surface area (Å²) in [5.74, 6) is -0.105. The van der Waals surface area contributed by atoms with Crippen LogP contribution in [0, 0.1) is 16.2 Å². The van der Waals surface area contributed by atoms with Gasteiger partial charge >= 0.3 is 5.97 Å². The van der Waals surface area contributed by atoms with Crippen molar-refractivity contribution < 1.29 is 9.53 Å². The van der Waals surface area contributed by atoms with Gasteiger partial charge in [0.1, 0.15) is 0 Å². The zero-order chi connectivity index (χ0) is 20.7. The van der Waals surface area contributed by atoms with E-state index >= 15 is 0 Å². The quantitative estimate of drug-likeness (QED) is 0.555. The summed E-state index contributed by atoms with van der Waals surface area (Å²) in [6.07, 6.45) is 1.33. The lowest BCUT2D eigenvalue weighted by Gasteiger charge is -2.44. The molecule has 1 aliphatic rings. The van der Waals surface area contributed by atoms with Gasteiger partial charge in [-0.3, -0.25) is 4.79 Å². The highest BCUT2D eigenvalue weighted by molar-refractivity contribution is 5.78. The average Bonchev–Trinajstić information content (AvgIpc) is 2.59. The van der Waals surface area contributed by atoms with Crippen molar-refractivity contribution in [2.24, 2.45) is 16.2 Å². The van der Waals surface area contributed by atoms with Gasteiger partial charge in [0.25, 0.3) is 0 Å². The number of carbonyl (C=O) groups excluding carboxylic acids is 1. The molecule has 150 valence electrons. The standard InChI is InChI=1S/C26H34O2/c1-24(2,3)17-26(7,25(4,5)6)23(27)28-22-20-14-10-8-12-18(20)16-19-13-9-11-15-21(19)22/h8-15,22H,16-17H2,1-7H3. The maximum absolute atomic E-state index is 13.7. The Bertz CT molecular complexity index is 821. The molecule has 0 aliphatic heterocycles. The van der Waals surface area contributed by atoms with Gasteiger partial charge in [-0.15, -0.1) is 0 Å². The third kappa shape index (κ3) is 3.87. The van der Waals surface area contributed by atoms with Crippen LogP contribution in [0.4, 0.5) is 0 Å². The lowest BCUT2D eigenvalue weighted by molar-refractivity contribution is -0.169. The molecule has 0 saturated heterocycles. The van der Waals surface area contributed by atoms with E-state index in [4.69, 9.17) is 4.74 Å². The molecule has 2 aromatic rings. The Kier molecular flexibility index (Phi) is 5.20. The van der Waals surface area contributed by atoms with E-state index in [1.807, 2.05) is 12.1 Å². The second-order valence-corrected chi connectivity index (χ2v) is 10.7. The maximum Gasteiger partial charge on any atom is 0.313 e. The largest absolute Gasteiger partial charge is 0.452 e. The van der Waals surface area contributed by atoms with Crippen molar-refractivity contribution in [3.05, 3.63) is 70.8 Å². The topological polar surface area (TPSA) is 26.3 Å². The summed E-state index contributed by atoms with van der Waals surface area (Å²) in [4.78, 5) is 13.7. The zero-order valence-electron chi connectivity index (χ0n) is 18.4. The summed E-state index contributed by atoms with van der Waals surface area (Å²) >= 11 is 0. The first kappa shape index (κ1) is 20.6. The molecular formula is C26H34O2. The van der Waals surface area contributed by atoms with Crippen LogP contribution in [0.3, 0.4) is 0 Å². The molecule has 0 amide bonds. The van der Waals surface area contributed by atoms with Gasteiger partial charge in [-0.05, 0) is 41.7 Å². The minimum Gasteiger partial charge on any atom is -0.452 e. The van der Waals surface area contributed by atoms with Crippen molar-refractivity contribution >= 4 is 5.97 Å². The number of rotatable bonds is 3. The van der Waals surface area contributed by atoms with Crippen LogP contribution < -0.4 is 0 Å². The van der Waals surface area contributed by atoms with Gasteiger partial charge in [-0.1, -0.05) is 90.1 Å². The second-order valence-electron chi connectivity index (χ2n) is 10.7. The average molecular weight is 379 g/mol. The molecule has 0 saturated carbocycles. The predicted molar refractivity (Wildman–Crippen MR) is 115 cm³/mol. The first-order valence-electron chi connectivity index (χ1n) is 10.3. The number of hydrogen-bond donors (Lipinski definition) is 0. The summed E-state index contributed by atoms with van der Waals surface area (Å²) in [5, 5.41) is 0. The third-order valence-electron chi connectivity index (χ3n) is 6.27. The van der Waals surface area contributed by atoms with E-state index in [1.54, 1.807) is 0 Å². The van der Waals surface area contributed by atoms with Crippen molar-refractivity contribution in [2.75, 3.05) is 0 Å². The van der Waals surface area contributed by atoms with Crippen LogP contribution in [0.5, 0.6) is 0 Å². The molecule has 0 aromatic heterocycles. The van der Waals surface area contributed by atoms with E-state index < -0.39 is 5.41 Å². The van der Waals surface area contributed by atoms with Gasteiger partial charge in [0, 0.05) is 11.1 Å². The molecule has 1 aliphatic carbocycles. The van der Waals surface area contributed by atoms with E-state index in [-0.39, 0.29) is 22.9 Å². The fourth-order valence-electron chi connectivity index (χ4n) is 4.34. The minimum absolute atomic E-state index is 0.0312. The van der Waals surface area contributed by atoms with Gasteiger partial charge in [0.2, 0.25) is 0 Å².